The summed E-state index contributed by atoms with van der Waals surface area (Å²) < 4.78 is 32.7. The fourth-order valence-electron chi connectivity index (χ4n) is 5.62. The molecule has 3 N–H and O–H groups in total. The van der Waals surface area contributed by atoms with Crippen molar-refractivity contribution < 1.29 is 37.6 Å². The van der Waals surface area contributed by atoms with Gasteiger partial charge < -0.3 is 20.1 Å². The molecule has 0 fully saturated rings. The van der Waals surface area contributed by atoms with Crippen molar-refractivity contribution in [2.45, 2.75) is 200 Å². The Kier molecular flexibility index (Phi) is 35.6. The number of allylic oxidation sites excluding steroid dienone is 2. The van der Waals surface area contributed by atoms with Crippen LogP contribution >= 0.6 is 7.82 Å². The number of esters is 2. The second kappa shape index (κ2) is 36.5. The molecule has 0 aliphatic heterocycles. The SMILES string of the molecule is CCCC/C=C/CCCCCCCCCCCC(=O)O[C@H](COC(=O)CCCCCCCCCCCCCCC)COP(=O)(O)OCCN. The van der Waals surface area contributed by atoms with Gasteiger partial charge in [-0.15, -0.1) is 0 Å². The predicted octanol–water partition coefficient (Wildman–Crippen LogP) is 11.1. The summed E-state index contributed by atoms with van der Waals surface area (Å²) in [7, 11) is -4.37. The van der Waals surface area contributed by atoms with Crippen LogP contribution in [0.25, 0.3) is 0 Å². The van der Waals surface area contributed by atoms with E-state index < -0.39 is 26.5 Å². The van der Waals surface area contributed by atoms with E-state index in [2.05, 4.69) is 26.0 Å². The van der Waals surface area contributed by atoms with Crippen molar-refractivity contribution in [1.29, 1.82) is 0 Å². The van der Waals surface area contributed by atoms with E-state index >= 15 is 0 Å². The molecule has 2 atom stereocenters. The molecule has 0 radical (unpaired) electrons. The number of nitrogens with two attached hydrogens (primary N) is 1. The Bertz CT molecular complexity index is 825. The van der Waals surface area contributed by atoms with Crippen molar-refractivity contribution in [2.24, 2.45) is 5.73 Å². The average Bonchev–Trinajstić information content (AvgIpc) is 3.08. The zero-order chi connectivity index (χ0) is 36.1. The lowest BCUT2D eigenvalue weighted by Crippen LogP contribution is -2.29. The first kappa shape index (κ1) is 47.8. The summed E-state index contributed by atoms with van der Waals surface area (Å²) in [5.41, 5.74) is 5.34. The van der Waals surface area contributed by atoms with Crippen LogP contribution in [0.3, 0.4) is 0 Å². The highest BCUT2D eigenvalue weighted by Crippen LogP contribution is 2.43. The molecule has 10 heteroatoms. The molecule has 0 aromatic carbocycles. The van der Waals surface area contributed by atoms with Crippen LogP contribution < -0.4 is 5.73 Å². The van der Waals surface area contributed by atoms with Gasteiger partial charge in [-0.3, -0.25) is 18.6 Å². The smallest absolute Gasteiger partial charge is 0.462 e. The van der Waals surface area contributed by atoms with Crippen LogP contribution in [0, 0.1) is 0 Å². The van der Waals surface area contributed by atoms with Crippen LogP contribution in [0.1, 0.15) is 194 Å². The summed E-state index contributed by atoms with van der Waals surface area (Å²) in [6, 6.07) is 0. The molecular weight excluding hydrogens is 641 g/mol. The maximum absolute atomic E-state index is 12.5. The van der Waals surface area contributed by atoms with Crippen LogP contribution in [0.15, 0.2) is 12.2 Å². The summed E-state index contributed by atoms with van der Waals surface area (Å²) in [4.78, 5) is 34.7. The third kappa shape index (κ3) is 36.3. The van der Waals surface area contributed by atoms with Crippen LogP contribution in [0.4, 0.5) is 0 Å². The van der Waals surface area contributed by atoms with Gasteiger partial charge in [0, 0.05) is 19.4 Å². The first-order valence-electron chi connectivity index (χ1n) is 20.2. The largest absolute Gasteiger partial charge is 0.472 e. The first-order valence-corrected chi connectivity index (χ1v) is 21.7. The topological polar surface area (TPSA) is 134 Å². The van der Waals surface area contributed by atoms with Crippen molar-refractivity contribution in [3.63, 3.8) is 0 Å². The number of rotatable bonds is 38. The fourth-order valence-corrected chi connectivity index (χ4v) is 6.38. The fraction of sp³-hybridized carbons (Fsp3) is 0.897. The van der Waals surface area contributed by atoms with E-state index in [0.717, 1.165) is 38.5 Å². The van der Waals surface area contributed by atoms with Gasteiger partial charge in [0.2, 0.25) is 0 Å². The van der Waals surface area contributed by atoms with Crippen LogP contribution in [-0.4, -0.2) is 49.3 Å². The minimum absolute atomic E-state index is 0.0558. The highest BCUT2D eigenvalue weighted by molar-refractivity contribution is 7.47. The Labute approximate surface area is 300 Å². The third-order valence-corrected chi connectivity index (χ3v) is 9.64. The number of ether oxygens (including phenoxy) is 2. The van der Waals surface area contributed by atoms with Gasteiger partial charge in [-0.25, -0.2) is 4.57 Å². The van der Waals surface area contributed by atoms with Crippen molar-refractivity contribution in [1.82, 2.24) is 0 Å². The summed E-state index contributed by atoms with van der Waals surface area (Å²) in [6.07, 6.45) is 35.2. The summed E-state index contributed by atoms with van der Waals surface area (Å²) in [6.45, 7) is 3.71. The predicted molar refractivity (Wildman–Crippen MR) is 201 cm³/mol. The van der Waals surface area contributed by atoms with Crippen molar-refractivity contribution in [3.8, 4) is 0 Å². The highest BCUT2D eigenvalue weighted by atomic mass is 31.2. The Morgan fingerprint density at radius 2 is 1.02 bits per heavy atom. The molecule has 0 aliphatic rings. The Morgan fingerprint density at radius 3 is 1.51 bits per heavy atom. The molecule has 49 heavy (non-hydrogen) atoms. The molecule has 0 bridgehead atoms. The Balaban J connectivity index is 4.17. The zero-order valence-electron chi connectivity index (χ0n) is 31.7. The molecule has 0 saturated carbocycles. The Hall–Kier alpha value is -1.25. The second-order valence-electron chi connectivity index (χ2n) is 13.5. The highest BCUT2D eigenvalue weighted by Gasteiger charge is 2.26. The maximum Gasteiger partial charge on any atom is 0.472 e. The van der Waals surface area contributed by atoms with Crippen molar-refractivity contribution in [3.05, 3.63) is 12.2 Å². The molecule has 290 valence electrons. The van der Waals surface area contributed by atoms with Crippen LogP contribution in [-0.2, 0) is 32.7 Å². The van der Waals surface area contributed by atoms with E-state index in [1.165, 1.54) is 122 Å². The van der Waals surface area contributed by atoms with Crippen molar-refractivity contribution >= 4 is 19.8 Å². The lowest BCUT2D eigenvalue weighted by atomic mass is 10.0. The number of carbonyl (C=O) groups excluding carboxylic acids is 2. The standard InChI is InChI=1S/C39H76NO8P/c1-3-5-7-9-11-13-15-17-18-20-22-24-26-28-30-32-39(42)48-37(36-47-49(43,44)46-34-33-40)35-45-38(41)31-29-27-25-23-21-19-16-14-12-10-8-6-4-2/h9,11,37H,3-8,10,12-36,40H2,1-2H3,(H,43,44)/b11-9+/t37-/m1/s1. The van der Waals surface area contributed by atoms with Gasteiger partial charge >= 0.3 is 19.8 Å². The minimum atomic E-state index is -4.37. The molecule has 0 saturated heterocycles. The van der Waals surface area contributed by atoms with E-state index in [1.54, 1.807) is 0 Å². The van der Waals surface area contributed by atoms with Gasteiger partial charge in [-0.2, -0.15) is 0 Å². The molecular formula is C39H76NO8P. The average molecular weight is 718 g/mol. The number of carbonyl (C=O) groups is 2. The van der Waals surface area contributed by atoms with E-state index in [-0.39, 0.29) is 38.6 Å². The van der Waals surface area contributed by atoms with E-state index in [0.29, 0.717) is 6.42 Å². The van der Waals surface area contributed by atoms with E-state index in [4.69, 9.17) is 24.3 Å². The minimum Gasteiger partial charge on any atom is -0.462 e. The van der Waals surface area contributed by atoms with Gasteiger partial charge in [-0.05, 0) is 32.1 Å². The maximum atomic E-state index is 12.5. The number of phosphoric acid groups is 1. The van der Waals surface area contributed by atoms with Gasteiger partial charge in [-0.1, -0.05) is 161 Å². The lowest BCUT2D eigenvalue weighted by molar-refractivity contribution is -0.161. The molecule has 0 heterocycles. The van der Waals surface area contributed by atoms with Gasteiger partial charge in [0.05, 0.1) is 13.2 Å². The normalized spacial score (nSPS) is 13.5. The number of hydrogen-bond acceptors (Lipinski definition) is 8. The van der Waals surface area contributed by atoms with Gasteiger partial charge in [0.15, 0.2) is 6.10 Å². The number of unbranched alkanes of at least 4 members (excludes halogenated alkanes) is 23. The lowest BCUT2D eigenvalue weighted by Gasteiger charge is -2.19. The zero-order valence-corrected chi connectivity index (χ0v) is 32.6. The third-order valence-electron chi connectivity index (χ3n) is 8.65. The quantitative estimate of drug-likeness (QED) is 0.0277. The van der Waals surface area contributed by atoms with E-state index in [1.807, 2.05) is 0 Å². The molecule has 0 aromatic heterocycles. The molecule has 0 spiro atoms. The Morgan fingerprint density at radius 1 is 0.592 bits per heavy atom. The number of phosphoric ester groups is 1. The molecule has 1 unspecified atom stereocenters. The molecule has 0 aromatic rings. The van der Waals surface area contributed by atoms with E-state index in [9.17, 15) is 19.0 Å². The van der Waals surface area contributed by atoms with Crippen LogP contribution in [0.2, 0.25) is 0 Å². The van der Waals surface area contributed by atoms with Gasteiger partial charge in [0.1, 0.15) is 6.61 Å². The monoisotopic (exact) mass is 718 g/mol. The first-order chi connectivity index (χ1) is 23.8. The van der Waals surface area contributed by atoms with Crippen LogP contribution in [0.5, 0.6) is 0 Å². The van der Waals surface area contributed by atoms with Crippen molar-refractivity contribution in [2.75, 3.05) is 26.4 Å². The molecule has 9 nitrogen and oxygen atoms in total. The number of hydrogen-bond donors (Lipinski definition) is 2. The van der Waals surface area contributed by atoms with Gasteiger partial charge in [0.25, 0.3) is 0 Å². The summed E-state index contributed by atoms with van der Waals surface area (Å²) >= 11 is 0. The molecule has 0 rings (SSSR count). The second-order valence-corrected chi connectivity index (χ2v) is 15.0. The summed E-state index contributed by atoms with van der Waals surface area (Å²) in [5, 5.41) is 0. The molecule has 0 amide bonds. The summed E-state index contributed by atoms with van der Waals surface area (Å²) in [5.74, 6) is -0.824. The molecule has 0 aliphatic carbocycles.